The lowest BCUT2D eigenvalue weighted by atomic mass is 10.0. The van der Waals surface area contributed by atoms with Gasteiger partial charge >= 0.3 is 0 Å². The van der Waals surface area contributed by atoms with E-state index in [1.807, 2.05) is 0 Å². The molecular formula is C14H20FNO4S. The molecule has 1 aliphatic heterocycles. The molecule has 1 aromatic carbocycles. The van der Waals surface area contributed by atoms with Crippen LogP contribution >= 0.6 is 0 Å². The zero-order valence-corrected chi connectivity index (χ0v) is 12.8. The van der Waals surface area contributed by atoms with Crippen LogP contribution in [0.15, 0.2) is 23.1 Å². The first-order chi connectivity index (χ1) is 9.98. The van der Waals surface area contributed by atoms with Gasteiger partial charge in [-0.15, -0.1) is 0 Å². The minimum Gasteiger partial charge on any atom is -0.392 e. The molecule has 0 aromatic heterocycles. The number of rotatable bonds is 5. The van der Waals surface area contributed by atoms with Gasteiger partial charge in [0.15, 0.2) is 0 Å². The Morgan fingerprint density at radius 1 is 1.48 bits per heavy atom. The third-order valence-corrected chi connectivity index (χ3v) is 5.56. The molecule has 1 saturated heterocycles. The molecule has 0 saturated carbocycles. The summed E-state index contributed by atoms with van der Waals surface area (Å²) >= 11 is 0. The van der Waals surface area contributed by atoms with Gasteiger partial charge in [0, 0.05) is 20.2 Å². The molecule has 1 heterocycles. The first kappa shape index (κ1) is 16.4. The van der Waals surface area contributed by atoms with Crippen LogP contribution < -0.4 is 0 Å². The number of aliphatic hydroxyl groups excluding tert-OH is 1. The van der Waals surface area contributed by atoms with Crippen LogP contribution in [0.1, 0.15) is 18.4 Å². The van der Waals surface area contributed by atoms with Crippen LogP contribution in [0.2, 0.25) is 0 Å². The quantitative estimate of drug-likeness (QED) is 0.890. The fourth-order valence-electron chi connectivity index (χ4n) is 2.60. The Morgan fingerprint density at radius 3 is 2.90 bits per heavy atom. The first-order valence-electron chi connectivity index (χ1n) is 6.87. The van der Waals surface area contributed by atoms with Crippen LogP contribution in [0.4, 0.5) is 4.39 Å². The molecule has 0 spiro atoms. The SMILES string of the molecule is COCC1CCCN(S(=O)(=O)c2cc(CO)ccc2F)C1. The van der Waals surface area contributed by atoms with E-state index in [0.717, 1.165) is 18.9 Å². The van der Waals surface area contributed by atoms with E-state index in [2.05, 4.69) is 0 Å². The molecule has 7 heteroatoms. The summed E-state index contributed by atoms with van der Waals surface area (Å²) in [4.78, 5) is -0.368. The monoisotopic (exact) mass is 317 g/mol. The maximum absolute atomic E-state index is 13.9. The summed E-state index contributed by atoms with van der Waals surface area (Å²) in [6, 6.07) is 3.65. The summed E-state index contributed by atoms with van der Waals surface area (Å²) in [6.45, 7) is 0.880. The standard InChI is InChI=1S/C14H20FNO4S/c1-20-10-12-3-2-6-16(8-12)21(18,19)14-7-11(9-17)4-5-13(14)15/h4-5,7,12,17H,2-3,6,8-10H2,1H3. The largest absolute Gasteiger partial charge is 0.392 e. The molecule has 0 bridgehead atoms. The van der Waals surface area contributed by atoms with E-state index in [1.54, 1.807) is 7.11 Å². The highest BCUT2D eigenvalue weighted by molar-refractivity contribution is 7.89. The summed E-state index contributed by atoms with van der Waals surface area (Å²) in [6.07, 6.45) is 1.63. The zero-order valence-electron chi connectivity index (χ0n) is 12.0. The molecule has 1 fully saturated rings. The van der Waals surface area contributed by atoms with Crippen molar-refractivity contribution in [3.05, 3.63) is 29.6 Å². The average molecular weight is 317 g/mol. The average Bonchev–Trinajstić information content (AvgIpc) is 2.48. The molecule has 118 valence electrons. The predicted octanol–water partition coefficient (Wildman–Crippen LogP) is 1.37. The summed E-state index contributed by atoms with van der Waals surface area (Å²) in [5.41, 5.74) is 0.375. The van der Waals surface area contributed by atoms with Crippen molar-refractivity contribution in [1.82, 2.24) is 4.31 Å². The van der Waals surface area contributed by atoms with Crippen LogP contribution in [0.25, 0.3) is 0 Å². The van der Waals surface area contributed by atoms with Gasteiger partial charge in [-0.1, -0.05) is 6.07 Å². The maximum Gasteiger partial charge on any atom is 0.246 e. The minimum absolute atomic E-state index is 0.127. The van der Waals surface area contributed by atoms with Crippen molar-refractivity contribution in [3.63, 3.8) is 0 Å². The smallest absolute Gasteiger partial charge is 0.246 e. The lowest BCUT2D eigenvalue weighted by molar-refractivity contribution is 0.118. The number of ether oxygens (including phenoxy) is 1. The van der Waals surface area contributed by atoms with Crippen LogP contribution in [0.5, 0.6) is 0 Å². The van der Waals surface area contributed by atoms with Gasteiger partial charge in [0.2, 0.25) is 10.0 Å². The molecule has 0 aliphatic carbocycles. The molecule has 21 heavy (non-hydrogen) atoms. The number of hydrogen-bond acceptors (Lipinski definition) is 4. The van der Waals surface area contributed by atoms with Crippen molar-refractivity contribution in [1.29, 1.82) is 0 Å². The molecule has 1 aliphatic rings. The fraction of sp³-hybridized carbons (Fsp3) is 0.571. The van der Waals surface area contributed by atoms with E-state index in [4.69, 9.17) is 9.84 Å². The summed E-state index contributed by atoms with van der Waals surface area (Å²) < 4.78 is 45.5. The Kier molecular flexibility index (Phi) is 5.32. The fourth-order valence-corrected chi connectivity index (χ4v) is 4.27. The highest BCUT2D eigenvalue weighted by Crippen LogP contribution is 2.26. The normalized spacial score (nSPS) is 20.6. The Labute approximate surface area is 124 Å². The van der Waals surface area contributed by atoms with Crippen molar-refractivity contribution in [2.45, 2.75) is 24.3 Å². The van der Waals surface area contributed by atoms with E-state index in [0.29, 0.717) is 25.3 Å². The van der Waals surface area contributed by atoms with Gasteiger partial charge in [-0.2, -0.15) is 4.31 Å². The van der Waals surface area contributed by atoms with Crippen molar-refractivity contribution >= 4 is 10.0 Å². The first-order valence-corrected chi connectivity index (χ1v) is 8.31. The number of benzene rings is 1. The van der Waals surface area contributed by atoms with Crippen LogP contribution in [0, 0.1) is 11.7 Å². The second-order valence-corrected chi connectivity index (χ2v) is 7.16. The lowest BCUT2D eigenvalue weighted by Crippen LogP contribution is -2.41. The number of piperidine rings is 1. The molecule has 0 amide bonds. The molecular weight excluding hydrogens is 297 g/mol. The third-order valence-electron chi connectivity index (χ3n) is 3.68. The molecule has 1 aromatic rings. The van der Waals surface area contributed by atoms with Crippen LogP contribution in [-0.4, -0.2) is 44.6 Å². The molecule has 5 nitrogen and oxygen atoms in total. The van der Waals surface area contributed by atoms with Crippen molar-refractivity contribution in [2.75, 3.05) is 26.8 Å². The van der Waals surface area contributed by atoms with Crippen molar-refractivity contribution < 1.29 is 22.7 Å². The molecule has 2 rings (SSSR count). The number of methoxy groups -OCH3 is 1. The zero-order chi connectivity index (χ0) is 15.5. The highest BCUT2D eigenvalue weighted by atomic mass is 32.2. The second-order valence-electron chi connectivity index (χ2n) is 5.25. The van der Waals surface area contributed by atoms with E-state index in [1.165, 1.54) is 16.4 Å². The second kappa shape index (κ2) is 6.83. The highest BCUT2D eigenvalue weighted by Gasteiger charge is 2.32. The topological polar surface area (TPSA) is 66.8 Å². The van der Waals surface area contributed by atoms with E-state index < -0.39 is 15.8 Å². The summed E-state index contributed by atoms with van der Waals surface area (Å²) in [7, 11) is -2.30. The number of sulfonamides is 1. The van der Waals surface area contributed by atoms with Gasteiger partial charge in [0.1, 0.15) is 10.7 Å². The summed E-state index contributed by atoms with van der Waals surface area (Å²) in [5.74, 6) is -0.663. The molecule has 1 N–H and O–H groups in total. The number of nitrogens with zero attached hydrogens (tertiary/aromatic N) is 1. The van der Waals surface area contributed by atoms with Gasteiger partial charge in [-0.25, -0.2) is 12.8 Å². The Bertz CT molecular complexity index is 589. The summed E-state index contributed by atoms with van der Waals surface area (Å²) in [5, 5.41) is 9.09. The predicted molar refractivity (Wildman–Crippen MR) is 75.7 cm³/mol. The number of halogens is 1. The van der Waals surface area contributed by atoms with E-state index >= 15 is 0 Å². The maximum atomic E-state index is 13.9. The minimum atomic E-state index is -3.88. The van der Waals surface area contributed by atoms with Crippen molar-refractivity contribution in [3.8, 4) is 0 Å². The number of hydrogen-bond donors (Lipinski definition) is 1. The Balaban J connectivity index is 2.29. The Hall–Kier alpha value is -1.02. The van der Waals surface area contributed by atoms with Gasteiger partial charge in [-0.05, 0) is 36.5 Å². The molecule has 1 unspecified atom stereocenters. The van der Waals surface area contributed by atoms with Crippen LogP contribution in [-0.2, 0) is 21.4 Å². The van der Waals surface area contributed by atoms with Gasteiger partial charge in [0.05, 0.1) is 13.2 Å². The van der Waals surface area contributed by atoms with Gasteiger partial charge < -0.3 is 9.84 Å². The van der Waals surface area contributed by atoms with Crippen LogP contribution in [0.3, 0.4) is 0 Å². The third kappa shape index (κ3) is 3.60. The van der Waals surface area contributed by atoms with E-state index in [9.17, 15) is 12.8 Å². The Morgan fingerprint density at radius 2 is 2.24 bits per heavy atom. The van der Waals surface area contributed by atoms with E-state index in [-0.39, 0.29) is 17.4 Å². The van der Waals surface area contributed by atoms with Gasteiger partial charge in [0.25, 0.3) is 0 Å². The van der Waals surface area contributed by atoms with Gasteiger partial charge in [-0.3, -0.25) is 0 Å². The molecule has 1 atom stereocenters. The lowest BCUT2D eigenvalue weighted by Gasteiger charge is -2.31. The molecule has 0 radical (unpaired) electrons. The van der Waals surface area contributed by atoms with Crippen molar-refractivity contribution in [2.24, 2.45) is 5.92 Å². The number of aliphatic hydroxyl groups is 1.